The first kappa shape index (κ1) is 9.40. The van der Waals surface area contributed by atoms with Crippen molar-refractivity contribution in [2.75, 3.05) is 6.54 Å². The normalized spacial score (nSPS) is 18.8. The van der Waals surface area contributed by atoms with E-state index in [2.05, 4.69) is 30.3 Å². The molecule has 0 N–H and O–H groups in total. The van der Waals surface area contributed by atoms with Gasteiger partial charge in [-0.3, -0.25) is 4.79 Å². The maximum absolute atomic E-state index is 11.2. The fourth-order valence-corrected chi connectivity index (χ4v) is 2.19. The largest absolute Gasteiger partial charge is 0.332 e. The lowest BCUT2D eigenvalue weighted by Gasteiger charge is -2.03. The van der Waals surface area contributed by atoms with Crippen LogP contribution in [0.4, 0.5) is 0 Å². The van der Waals surface area contributed by atoms with E-state index in [0.717, 1.165) is 6.54 Å². The van der Waals surface area contributed by atoms with Crippen LogP contribution in [0.3, 0.4) is 0 Å². The number of amides is 1. The molecule has 1 saturated heterocycles. The number of carbonyl (C=O) groups excluding carboxylic acids is 1. The summed E-state index contributed by atoms with van der Waals surface area (Å²) >= 11 is 0. The minimum absolute atomic E-state index is 0.165. The number of fused-ring (bicyclic) bond motifs is 1. The zero-order valence-corrected chi connectivity index (χ0v) is 9.18. The number of carbonyl (C=O) groups is 1. The second-order valence-electron chi connectivity index (χ2n) is 4.29. The van der Waals surface area contributed by atoms with Crippen LogP contribution in [-0.2, 0) is 4.79 Å². The van der Waals surface area contributed by atoms with Gasteiger partial charge in [-0.2, -0.15) is 0 Å². The highest BCUT2D eigenvalue weighted by atomic mass is 16.2. The Labute approximate surface area is 94.5 Å². The first-order valence-corrected chi connectivity index (χ1v) is 5.51. The molecule has 1 fully saturated rings. The molecule has 16 heavy (non-hydrogen) atoms. The fourth-order valence-electron chi connectivity index (χ4n) is 2.19. The highest BCUT2D eigenvalue weighted by Gasteiger charge is 2.37. The molecule has 0 radical (unpaired) electrons. The Hall–Kier alpha value is -1.83. The van der Waals surface area contributed by atoms with Crippen molar-refractivity contribution in [1.29, 1.82) is 0 Å². The van der Waals surface area contributed by atoms with Crippen LogP contribution in [0.2, 0.25) is 0 Å². The Morgan fingerprint density at radius 2 is 1.94 bits per heavy atom. The summed E-state index contributed by atoms with van der Waals surface area (Å²) in [5.74, 6) is 0.165. The summed E-state index contributed by atoms with van der Waals surface area (Å²) in [6, 6.07) is 15.0. The quantitative estimate of drug-likeness (QED) is 0.664. The molecule has 0 spiro atoms. The monoisotopic (exact) mass is 211 g/mol. The van der Waals surface area contributed by atoms with Crippen LogP contribution in [0.15, 0.2) is 42.5 Å². The van der Waals surface area contributed by atoms with E-state index in [9.17, 15) is 4.79 Å². The fraction of sp³-hybridized carbons (Fsp3) is 0.214. The smallest absolute Gasteiger partial charge is 0.220 e. The lowest BCUT2D eigenvalue weighted by Crippen LogP contribution is -2.04. The Morgan fingerprint density at radius 3 is 2.62 bits per heavy atom. The SMILES string of the molecule is CC(=O)N1CC1c1ccc2ccccc2c1. The minimum atomic E-state index is 0.165. The van der Waals surface area contributed by atoms with E-state index in [1.165, 1.54) is 16.3 Å². The standard InChI is InChI=1S/C14H13NO/c1-10(16)15-9-14(15)13-7-6-11-4-2-3-5-12(11)8-13/h2-8,14H,9H2,1H3. The molecule has 2 aromatic carbocycles. The van der Waals surface area contributed by atoms with Crippen molar-refractivity contribution in [3.05, 3.63) is 48.0 Å². The lowest BCUT2D eigenvalue weighted by molar-refractivity contribution is -0.124. The van der Waals surface area contributed by atoms with Crippen LogP contribution < -0.4 is 0 Å². The van der Waals surface area contributed by atoms with Crippen molar-refractivity contribution < 1.29 is 4.79 Å². The number of benzene rings is 2. The predicted octanol–water partition coefficient (Wildman–Crippen LogP) is 2.74. The van der Waals surface area contributed by atoms with Gasteiger partial charge in [0.2, 0.25) is 5.91 Å². The van der Waals surface area contributed by atoms with Crippen molar-refractivity contribution in [3.63, 3.8) is 0 Å². The van der Waals surface area contributed by atoms with E-state index in [-0.39, 0.29) is 5.91 Å². The van der Waals surface area contributed by atoms with E-state index in [4.69, 9.17) is 0 Å². The average Bonchev–Trinajstić information content (AvgIpc) is 3.08. The Morgan fingerprint density at radius 1 is 1.19 bits per heavy atom. The zero-order valence-electron chi connectivity index (χ0n) is 9.18. The van der Waals surface area contributed by atoms with Crippen molar-refractivity contribution >= 4 is 16.7 Å². The van der Waals surface area contributed by atoms with Crippen LogP contribution >= 0.6 is 0 Å². The molecule has 3 rings (SSSR count). The summed E-state index contributed by atoms with van der Waals surface area (Å²) < 4.78 is 0. The van der Waals surface area contributed by atoms with Gasteiger partial charge in [0.25, 0.3) is 0 Å². The summed E-state index contributed by atoms with van der Waals surface area (Å²) in [4.78, 5) is 13.1. The molecule has 1 amide bonds. The Bertz CT molecular complexity index is 561. The molecule has 1 atom stereocenters. The number of hydrogen-bond donors (Lipinski definition) is 0. The molecular formula is C14H13NO. The zero-order chi connectivity index (χ0) is 11.1. The van der Waals surface area contributed by atoms with Crippen molar-refractivity contribution in [1.82, 2.24) is 4.90 Å². The van der Waals surface area contributed by atoms with E-state index in [1.807, 2.05) is 17.0 Å². The molecule has 0 bridgehead atoms. The van der Waals surface area contributed by atoms with Crippen LogP contribution in [0.1, 0.15) is 18.5 Å². The van der Waals surface area contributed by atoms with Crippen LogP contribution in [0, 0.1) is 0 Å². The van der Waals surface area contributed by atoms with E-state index in [1.54, 1.807) is 6.92 Å². The van der Waals surface area contributed by atoms with Crippen LogP contribution in [-0.4, -0.2) is 17.4 Å². The van der Waals surface area contributed by atoms with Gasteiger partial charge in [-0.25, -0.2) is 0 Å². The van der Waals surface area contributed by atoms with Crippen molar-refractivity contribution in [3.8, 4) is 0 Å². The van der Waals surface area contributed by atoms with Gasteiger partial charge in [0.1, 0.15) is 0 Å². The number of hydrogen-bond acceptors (Lipinski definition) is 1. The predicted molar refractivity (Wildman–Crippen MR) is 64.1 cm³/mol. The van der Waals surface area contributed by atoms with Crippen LogP contribution in [0.25, 0.3) is 10.8 Å². The summed E-state index contributed by atoms with van der Waals surface area (Å²) in [7, 11) is 0. The van der Waals surface area contributed by atoms with Gasteiger partial charge in [-0.1, -0.05) is 36.4 Å². The van der Waals surface area contributed by atoms with Crippen molar-refractivity contribution in [2.45, 2.75) is 13.0 Å². The second-order valence-corrected chi connectivity index (χ2v) is 4.29. The van der Waals surface area contributed by atoms with Gasteiger partial charge < -0.3 is 4.90 Å². The molecule has 1 aliphatic rings. The van der Waals surface area contributed by atoms with Gasteiger partial charge in [-0.05, 0) is 22.4 Å². The molecule has 0 aromatic heterocycles. The first-order chi connectivity index (χ1) is 7.75. The molecule has 0 saturated carbocycles. The topological polar surface area (TPSA) is 20.1 Å². The second kappa shape index (κ2) is 3.34. The third-order valence-corrected chi connectivity index (χ3v) is 3.18. The molecule has 2 heteroatoms. The third-order valence-electron chi connectivity index (χ3n) is 3.18. The van der Waals surface area contributed by atoms with Gasteiger partial charge in [0.05, 0.1) is 6.04 Å². The summed E-state index contributed by atoms with van der Waals surface area (Å²) in [5.41, 5.74) is 1.24. The summed E-state index contributed by atoms with van der Waals surface area (Å²) in [6.45, 7) is 2.49. The number of rotatable bonds is 1. The molecule has 2 nitrogen and oxygen atoms in total. The van der Waals surface area contributed by atoms with E-state index in [0.29, 0.717) is 6.04 Å². The molecular weight excluding hydrogens is 198 g/mol. The average molecular weight is 211 g/mol. The molecule has 1 unspecified atom stereocenters. The molecule has 0 aliphatic carbocycles. The maximum atomic E-state index is 11.2. The Balaban J connectivity index is 1.98. The number of nitrogens with zero attached hydrogens (tertiary/aromatic N) is 1. The van der Waals surface area contributed by atoms with Gasteiger partial charge in [-0.15, -0.1) is 0 Å². The van der Waals surface area contributed by atoms with Gasteiger partial charge in [0.15, 0.2) is 0 Å². The van der Waals surface area contributed by atoms with Crippen LogP contribution in [0.5, 0.6) is 0 Å². The van der Waals surface area contributed by atoms with Gasteiger partial charge in [0, 0.05) is 13.5 Å². The van der Waals surface area contributed by atoms with Gasteiger partial charge >= 0.3 is 0 Å². The van der Waals surface area contributed by atoms with E-state index >= 15 is 0 Å². The molecule has 1 aliphatic heterocycles. The molecule has 2 aromatic rings. The summed E-state index contributed by atoms with van der Waals surface area (Å²) in [6.07, 6.45) is 0. The maximum Gasteiger partial charge on any atom is 0.220 e. The summed E-state index contributed by atoms with van der Waals surface area (Å²) in [5, 5.41) is 2.50. The third kappa shape index (κ3) is 1.47. The lowest BCUT2D eigenvalue weighted by atomic mass is 10.1. The Kier molecular flexibility index (Phi) is 1.96. The minimum Gasteiger partial charge on any atom is -0.332 e. The van der Waals surface area contributed by atoms with Crippen molar-refractivity contribution in [2.24, 2.45) is 0 Å². The van der Waals surface area contributed by atoms with E-state index < -0.39 is 0 Å². The first-order valence-electron chi connectivity index (χ1n) is 5.51. The molecule has 1 heterocycles. The molecule has 80 valence electrons. The highest BCUT2D eigenvalue weighted by molar-refractivity contribution is 5.84. The highest BCUT2D eigenvalue weighted by Crippen LogP contribution is 2.35.